The first kappa shape index (κ1) is 39.6. The smallest absolute Gasteiger partial charge is 0.489 e. The van der Waals surface area contributed by atoms with E-state index in [1.165, 1.54) is 0 Å². The molecule has 0 atom stereocenters. The highest BCUT2D eigenvalue weighted by Gasteiger charge is 2.52. The number of ether oxygens (including phenoxy) is 1. The van der Waals surface area contributed by atoms with Crippen LogP contribution >= 0.6 is 0 Å². The number of halogens is 18. The lowest BCUT2D eigenvalue weighted by Gasteiger charge is -2.31. The Labute approximate surface area is 261 Å². The van der Waals surface area contributed by atoms with Gasteiger partial charge < -0.3 is 14.8 Å². The van der Waals surface area contributed by atoms with Crippen LogP contribution in [0.4, 0.5) is 79.0 Å². The number of hydrogen-bond donors (Lipinski definition) is 2. The van der Waals surface area contributed by atoms with E-state index >= 15 is 0 Å². The molecule has 0 aliphatic rings. The summed E-state index contributed by atoms with van der Waals surface area (Å²) in [6.07, 6.45) is -38.3. The quantitative estimate of drug-likeness (QED) is 0.203. The summed E-state index contributed by atoms with van der Waals surface area (Å²) in [5.41, 5.74) is -28.3. The van der Waals surface area contributed by atoms with Crippen LogP contribution in [0.1, 0.15) is 47.2 Å². The molecule has 0 bridgehead atoms. The van der Waals surface area contributed by atoms with Crippen molar-refractivity contribution in [1.82, 2.24) is 0 Å². The Hall–Kier alpha value is -3.82. The maximum atomic E-state index is 14.8. The van der Waals surface area contributed by atoms with Crippen molar-refractivity contribution in [2.45, 2.75) is 57.0 Å². The van der Waals surface area contributed by atoms with Gasteiger partial charge in [0.1, 0.15) is 16.9 Å². The number of hydrogen-bond acceptors (Lipinski definition) is 3. The van der Waals surface area contributed by atoms with E-state index in [4.69, 9.17) is 0 Å². The molecular weight excluding hydrogens is 725 g/mol. The Morgan fingerprint density at radius 2 is 0.837 bits per heavy atom. The second kappa shape index (κ2) is 12.5. The highest BCUT2D eigenvalue weighted by Crippen LogP contribution is 2.55. The zero-order valence-electron chi connectivity index (χ0n) is 23.7. The van der Waals surface area contributed by atoms with E-state index in [0.717, 1.165) is 0 Å². The molecule has 0 aromatic heterocycles. The zero-order valence-corrected chi connectivity index (χ0v) is 23.7. The van der Waals surface area contributed by atoms with Crippen molar-refractivity contribution in [2.24, 2.45) is 0 Å². The van der Waals surface area contributed by atoms with Crippen LogP contribution in [0.2, 0.25) is 0 Å². The Morgan fingerprint density at radius 1 is 0.510 bits per heavy atom. The van der Waals surface area contributed by atoms with E-state index in [2.05, 4.69) is 4.74 Å². The van der Waals surface area contributed by atoms with Crippen molar-refractivity contribution in [3.05, 3.63) is 69.8 Å². The van der Waals surface area contributed by atoms with Crippen LogP contribution in [-0.4, -0.2) is 23.3 Å². The summed E-state index contributed by atoms with van der Waals surface area (Å²) >= 11 is 0. The predicted octanol–water partition coefficient (Wildman–Crippen LogP) is 9.60. The van der Waals surface area contributed by atoms with Crippen LogP contribution in [0.5, 0.6) is 5.75 Å². The van der Waals surface area contributed by atoms with Crippen molar-refractivity contribution in [3.8, 4) is 28.0 Å². The van der Waals surface area contributed by atoms with Gasteiger partial charge >= 0.3 is 44.2 Å². The monoisotopic (exact) mass is 740 g/mol. The summed E-state index contributed by atoms with van der Waals surface area (Å²) in [6, 6.07) is -3.10. The van der Waals surface area contributed by atoms with Gasteiger partial charge in [-0.2, -0.15) is 79.0 Å². The first-order valence-corrected chi connectivity index (χ1v) is 12.8. The van der Waals surface area contributed by atoms with Gasteiger partial charge in [-0.15, -0.1) is 0 Å². The van der Waals surface area contributed by atoms with E-state index in [0.29, 0.717) is 13.8 Å². The molecule has 3 aromatic carbocycles. The molecule has 0 aliphatic carbocycles. The van der Waals surface area contributed by atoms with Crippen molar-refractivity contribution >= 4 is 12.6 Å². The molecule has 3 aromatic rings. The van der Waals surface area contributed by atoms with E-state index in [1.807, 2.05) is 0 Å². The van der Waals surface area contributed by atoms with Crippen molar-refractivity contribution in [2.75, 3.05) is 0 Å². The van der Waals surface area contributed by atoms with E-state index in [9.17, 15) is 89.1 Å². The molecule has 0 aliphatic heterocycles. The van der Waals surface area contributed by atoms with Gasteiger partial charge in [-0.1, -0.05) is 0 Å². The highest BCUT2D eigenvalue weighted by molar-refractivity contribution is 6.63. The molecule has 270 valence electrons. The van der Waals surface area contributed by atoms with Crippen LogP contribution < -0.4 is 10.2 Å². The lowest BCUT2D eigenvalue weighted by Crippen LogP contribution is -2.39. The summed E-state index contributed by atoms with van der Waals surface area (Å²) < 4.78 is 260. The molecule has 0 heterocycles. The molecule has 0 amide bonds. The summed E-state index contributed by atoms with van der Waals surface area (Å²) in [5, 5.41) is 20.4. The molecule has 0 unspecified atom stereocenters. The average molecular weight is 740 g/mol. The standard InChI is InChI=1S/C27H15BF18O3/c1-9(2)49-21-18(26(41,42)43)16(12-7-10(22(29,30)31)3-5-14(12)24(35,36)37)20(28(47)48)17(19(21)27(44,45)46)13-8-11(23(32,33)34)4-6-15(13)25(38,39)40/h3-9,47-48H,1-2H3. The third-order valence-corrected chi connectivity index (χ3v) is 6.51. The molecule has 0 saturated carbocycles. The molecule has 0 saturated heterocycles. The van der Waals surface area contributed by atoms with Gasteiger partial charge in [0.25, 0.3) is 0 Å². The minimum Gasteiger partial charge on any atom is -0.490 e. The fourth-order valence-electron chi connectivity index (χ4n) is 4.81. The normalized spacial score (nSPS) is 13.7. The second-order valence-corrected chi connectivity index (χ2v) is 10.3. The van der Waals surface area contributed by atoms with Gasteiger partial charge in [0.2, 0.25) is 0 Å². The lowest BCUT2D eigenvalue weighted by molar-refractivity contribution is -0.146. The second-order valence-electron chi connectivity index (χ2n) is 10.3. The van der Waals surface area contributed by atoms with E-state index in [1.54, 1.807) is 0 Å². The largest absolute Gasteiger partial charge is 0.490 e. The minimum absolute atomic E-state index is 0.334. The maximum absolute atomic E-state index is 14.8. The van der Waals surface area contributed by atoms with Crippen LogP contribution in [0.25, 0.3) is 22.3 Å². The van der Waals surface area contributed by atoms with E-state index in [-0.39, 0.29) is 12.1 Å². The number of benzene rings is 3. The molecule has 49 heavy (non-hydrogen) atoms. The zero-order chi connectivity index (χ0) is 38.0. The van der Waals surface area contributed by atoms with Gasteiger partial charge in [-0.05, 0) is 78.0 Å². The van der Waals surface area contributed by atoms with Gasteiger partial charge in [0.05, 0.1) is 28.4 Å². The fourth-order valence-corrected chi connectivity index (χ4v) is 4.81. The third-order valence-electron chi connectivity index (χ3n) is 6.51. The topological polar surface area (TPSA) is 49.7 Å². The van der Waals surface area contributed by atoms with Crippen LogP contribution in [0.3, 0.4) is 0 Å². The Morgan fingerprint density at radius 3 is 1.06 bits per heavy atom. The molecule has 0 radical (unpaired) electrons. The van der Waals surface area contributed by atoms with Gasteiger partial charge in [-0.25, -0.2) is 0 Å². The van der Waals surface area contributed by atoms with E-state index < -0.39 is 141 Å². The van der Waals surface area contributed by atoms with Crippen molar-refractivity contribution in [3.63, 3.8) is 0 Å². The molecule has 3 rings (SSSR count). The first-order valence-electron chi connectivity index (χ1n) is 12.8. The first-order chi connectivity index (χ1) is 21.8. The number of alkyl halides is 18. The van der Waals surface area contributed by atoms with Crippen LogP contribution in [0, 0.1) is 0 Å². The Kier molecular flexibility index (Phi) is 10.1. The average Bonchev–Trinajstić information content (AvgIpc) is 2.87. The number of rotatable bonds is 5. The maximum Gasteiger partial charge on any atom is 0.489 e. The van der Waals surface area contributed by atoms with Gasteiger partial charge in [-0.3, -0.25) is 0 Å². The van der Waals surface area contributed by atoms with Gasteiger partial charge in [0.15, 0.2) is 0 Å². The minimum atomic E-state index is -6.46. The Balaban J connectivity index is 3.02. The molecular formula is C27H15BF18O3. The lowest BCUT2D eigenvalue weighted by atomic mass is 9.66. The molecule has 0 spiro atoms. The highest BCUT2D eigenvalue weighted by atomic mass is 19.4. The fraction of sp³-hybridized carbons (Fsp3) is 0.333. The molecule has 2 N–H and O–H groups in total. The van der Waals surface area contributed by atoms with Crippen molar-refractivity contribution in [1.29, 1.82) is 0 Å². The van der Waals surface area contributed by atoms with Gasteiger partial charge in [0, 0.05) is 0 Å². The Bertz CT molecular complexity index is 1590. The SMILES string of the molecule is CC(C)Oc1c(C(F)(F)F)c(-c2cc(C(F)(F)F)ccc2C(F)(F)F)c(B(O)O)c(-c2cc(C(F)(F)F)ccc2C(F)(F)F)c1C(F)(F)F. The molecule has 3 nitrogen and oxygen atoms in total. The van der Waals surface area contributed by atoms with Crippen molar-refractivity contribution < 1.29 is 93.8 Å². The summed E-state index contributed by atoms with van der Waals surface area (Å²) in [7, 11) is -4.04. The molecule has 0 fully saturated rings. The van der Waals surface area contributed by atoms with Crippen LogP contribution in [0.15, 0.2) is 36.4 Å². The summed E-state index contributed by atoms with van der Waals surface area (Å²) in [4.78, 5) is 0. The summed E-state index contributed by atoms with van der Waals surface area (Å²) in [6.45, 7) is 1.40. The third kappa shape index (κ3) is 8.16. The van der Waals surface area contributed by atoms with Crippen LogP contribution in [-0.2, 0) is 37.1 Å². The predicted molar refractivity (Wildman–Crippen MR) is 133 cm³/mol. The molecule has 22 heteroatoms. The summed E-state index contributed by atoms with van der Waals surface area (Å²) in [5.74, 6) is -2.69.